The lowest BCUT2D eigenvalue weighted by molar-refractivity contribution is -0.904. The number of halogens is 1. The third kappa shape index (κ3) is 2.71. The smallest absolute Gasteiger partial charge is 0.123 e. The van der Waals surface area contributed by atoms with E-state index in [2.05, 4.69) is 17.1 Å². The average molecular weight is 287 g/mol. The second-order valence-electron chi connectivity index (χ2n) is 6.96. The molecule has 2 nitrogen and oxygen atoms in total. The predicted molar refractivity (Wildman–Crippen MR) is 83.0 cm³/mol. The van der Waals surface area contributed by atoms with Gasteiger partial charge in [-0.3, -0.25) is 0 Å². The number of allylic oxidation sites excluding steroid dienone is 2. The summed E-state index contributed by atoms with van der Waals surface area (Å²) in [5.74, 6) is 2.54. The molecule has 1 aromatic rings. The molecule has 1 N–H and O–H groups in total. The Bertz CT molecular complexity index is 517. The summed E-state index contributed by atoms with van der Waals surface area (Å²) in [6.45, 7) is 5.97. The highest BCUT2D eigenvalue weighted by atomic mass is 19.1. The van der Waals surface area contributed by atoms with Crippen LogP contribution in [0.5, 0.6) is 0 Å². The summed E-state index contributed by atoms with van der Waals surface area (Å²) in [5.41, 5.74) is 1.17. The second-order valence-corrected chi connectivity index (χ2v) is 6.96. The van der Waals surface area contributed by atoms with Crippen LogP contribution in [-0.4, -0.2) is 32.7 Å². The molecule has 3 heteroatoms. The van der Waals surface area contributed by atoms with Gasteiger partial charge in [0.1, 0.15) is 5.82 Å². The Hall–Kier alpha value is -1.35. The first-order valence-electron chi connectivity index (χ1n) is 8.30. The van der Waals surface area contributed by atoms with Gasteiger partial charge in [-0.25, -0.2) is 4.39 Å². The first kappa shape index (κ1) is 13.3. The number of rotatable bonds is 3. The van der Waals surface area contributed by atoms with E-state index in [1.165, 1.54) is 38.2 Å². The van der Waals surface area contributed by atoms with Crippen LogP contribution in [0, 0.1) is 23.6 Å². The van der Waals surface area contributed by atoms with Crippen molar-refractivity contribution in [2.24, 2.45) is 17.8 Å². The fraction of sp³-hybridized carbons (Fsp3) is 0.556. The number of anilines is 1. The van der Waals surface area contributed by atoms with Crippen molar-refractivity contribution < 1.29 is 9.29 Å². The molecule has 0 spiro atoms. The number of quaternary nitrogens is 1. The average Bonchev–Trinajstić information content (AvgIpc) is 3.12. The van der Waals surface area contributed by atoms with Crippen molar-refractivity contribution in [2.45, 2.75) is 12.8 Å². The lowest BCUT2D eigenvalue weighted by Gasteiger charge is -2.35. The molecule has 1 aliphatic heterocycles. The van der Waals surface area contributed by atoms with Crippen molar-refractivity contribution in [3.8, 4) is 0 Å². The molecule has 0 unspecified atom stereocenters. The molecule has 2 fully saturated rings. The Morgan fingerprint density at radius 2 is 1.81 bits per heavy atom. The fourth-order valence-electron chi connectivity index (χ4n) is 4.44. The van der Waals surface area contributed by atoms with Gasteiger partial charge in [-0.1, -0.05) is 12.2 Å². The number of benzene rings is 1. The summed E-state index contributed by atoms with van der Waals surface area (Å²) in [4.78, 5) is 4.16. The van der Waals surface area contributed by atoms with Crippen LogP contribution < -0.4 is 9.80 Å². The third-order valence-electron chi connectivity index (χ3n) is 5.63. The molecule has 0 amide bonds. The molecule has 3 atom stereocenters. The Kier molecular flexibility index (Phi) is 3.46. The number of hydrogen-bond donors (Lipinski definition) is 1. The molecule has 4 rings (SSSR count). The van der Waals surface area contributed by atoms with E-state index in [9.17, 15) is 4.39 Å². The molecular formula is C18H24FN2+. The van der Waals surface area contributed by atoms with Crippen LogP contribution in [-0.2, 0) is 0 Å². The third-order valence-corrected chi connectivity index (χ3v) is 5.63. The number of piperazine rings is 1. The predicted octanol–water partition coefficient (Wildman–Crippen LogP) is 1.74. The highest BCUT2D eigenvalue weighted by Gasteiger charge is 2.38. The van der Waals surface area contributed by atoms with E-state index >= 15 is 0 Å². The fourth-order valence-corrected chi connectivity index (χ4v) is 4.44. The van der Waals surface area contributed by atoms with E-state index < -0.39 is 0 Å². The molecule has 0 aromatic heterocycles. The van der Waals surface area contributed by atoms with Crippen molar-refractivity contribution in [1.82, 2.24) is 0 Å². The van der Waals surface area contributed by atoms with Gasteiger partial charge in [0.15, 0.2) is 0 Å². The minimum Gasteiger partial charge on any atom is -0.360 e. The van der Waals surface area contributed by atoms with Gasteiger partial charge in [-0.2, -0.15) is 0 Å². The maximum atomic E-state index is 13.0. The van der Waals surface area contributed by atoms with Crippen molar-refractivity contribution in [2.75, 3.05) is 37.6 Å². The number of hydrogen-bond acceptors (Lipinski definition) is 1. The van der Waals surface area contributed by atoms with Crippen LogP contribution in [0.1, 0.15) is 12.8 Å². The Morgan fingerprint density at radius 1 is 1.05 bits per heavy atom. The molecule has 21 heavy (non-hydrogen) atoms. The van der Waals surface area contributed by atoms with Crippen LogP contribution in [0.25, 0.3) is 0 Å². The lowest BCUT2D eigenvalue weighted by atomic mass is 9.93. The van der Waals surface area contributed by atoms with Crippen molar-refractivity contribution in [3.05, 3.63) is 42.2 Å². The highest BCUT2D eigenvalue weighted by molar-refractivity contribution is 5.46. The molecule has 2 aliphatic carbocycles. The summed E-state index contributed by atoms with van der Waals surface area (Å²) in [7, 11) is 0. The van der Waals surface area contributed by atoms with Gasteiger partial charge < -0.3 is 9.80 Å². The monoisotopic (exact) mass is 287 g/mol. The van der Waals surface area contributed by atoms with Gasteiger partial charge >= 0.3 is 0 Å². The quantitative estimate of drug-likeness (QED) is 0.832. The molecule has 1 saturated heterocycles. The molecule has 1 aromatic carbocycles. The summed E-state index contributed by atoms with van der Waals surface area (Å²) in [6, 6.07) is 6.94. The Labute approximate surface area is 126 Å². The maximum Gasteiger partial charge on any atom is 0.123 e. The molecule has 1 heterocycles. The second kappa shape index (κ2) is 5.45. The molecule has 1 saturated carbocycles. The first-order chi connectivity index (χ1) is 10.3. The Morgan fingerprint density at radius 3 is 2.43 bits per heavy atom. The molecule has 0 radical (unpaired) electrons. The minimum absolute atomic E-state index is 0.146. The van der Waals surface area contributed by atoms with E-state index in [0.717, 1.165) is 30.8 Å². The zero-order chi connectivity index (χ0) is 14.2. The topological polar surface area (TPSA) is 7.68 Å². The van der Waals surface area contributed by atoms with Gasteiger partial charge in [-0.05, 0) is 48.9 Å². The van der Waals surface area contributed by atoms with E-state index in [4.69, 9.17) is 0 Å². The van der Waals surface area contributed by atoms with E-state index in [1.54, 1.807) is 17.0 Å². The summed E-state index contributed by atoms with van der Waals surface area (Å²) < 4.78 is 13.0. The lowest BCUT2D eigenvalue weighted by Crippen LogP contribution is -3.15. The standard InChI is InChI=1S/C18H23FN2/c19-17-3-5-18(6-4-17)21-9-7-20(8-10-21)13-16-12-14-1-2-15(16)11-14/h1-6,14-16H,7-13H2/p+1/t14-,15+,16-/m1/s1. The van der Waals surface area contributed by atoms with Crippen molar-refractivity contribution in [1.29, 1.82) is 0 Å². The highest BCUT2D eigenvalue weighted by Crippen LogP contribution is 2.42. The normalized spacial score (nSPS) is 32.0. The number of fused-ring (bicyclic) bond motifs is 2. The van der Waals surface area contributed by atoms with Gasteiger partial charge in [-0.15, -0.1) is 0 Å². The van der Waals surface area contributed by atoms with Gasteiger partial charge in [0, 0.05) is 11.6 Å². The molecule has 2 bridgehead atoms. The summed E-state index contributed by atoms with van der Waals surface area (Å²) >= 11 is 0. The number of nitrogens with zero attached hydrogens (tertiary/aromatic N) is 1. The van der Waals surface area contributed by atoms with Gasteiger partial charge in [0.25, 0.3) is 0 Å². The summed E-state index contributed by atoms with van der Waals surface area (Å²) in [6.07, 6.45) is 7.74. The Balaban J connectivity index is 1.30. The van der Waals surface area contributed by atoms with Crippen LogP contribution in [0.4, 0.5) is 10.1 Å². The van der Waals surface area contributed by atoms with Gasteiger partial charge in [0.2, 0.25) is 0 Å². The van der Waals surface area contributed by atoms with Crippen LogP contribution >= 0.6 is 0 Å². The summed E-state index contributed by atoms with van der Waals surface area (Å²) in [5, 5.41) is 0. The maximum absolute atomic E-state index is 13.0. The van der Waals surface area contributed by atoms with Crippen LogP contribution in [0.15, 0.2) is 36.4 Å². The number of nitrogens with one attached hydrogen (secondary N) is 1. The van der Waals surface area contributed by atoms with E-state index in [0.29, 0.717) is 0 Å². The molecular weight excluding hydrogens is 263 g/mol. The van der Waals surface area contributed by atoms with E-state index in [-0.39, 0.29) is 5.82 Å². The zero-order valence-corrected chi connectivity index (χ0v) is 12.5. The molecule has 3 aliphatic rings. The largest absolute Gasteiger partial charge is 0.360 e. The zero-order valence-electron chi connectivity index (χ0n) is 12.5. The SMILES string of the molecule is Fc1ccc(N2CC[NH+](C[C@H]3C[C@@H]4C=C[C@H]3C4)CC2)cc1. The van der Waals surface area contributed by atoms with Crippen molar-refractivity contribution >= 4 is 5.69 Å². The van der Waals surface area contributed by atoms with Crippen molar-refractivity contribution in [3.63, 3.8) is 0 Å². The molecule has 112 valence electrons. The van der Waals surface area contributed by atoms with Crippen LogP contribution in [0.2, 0.25) is 0 Å². The minimum atomic E-state index is -0.146. The van der Waals surface area contributed by atoms with Crippen LogP contribution in [0.3, 0.4) is 0 Å². The first-order valence-corrected chi connectivity index (χ1v) is 8.30. The van der Waals surface area contributed by atoms with Gasteiger partial charge in [0.05, 0.1) is 32.7 Å². The van der Waals surface area contributed by atoms with E-state index in [1.807, 2.05) is 12.1 Å².